The summed E-state index contributed by atoms with van der Waals surface area (Å²) in [5.74, 6) is -0.386. The Morgan fingerprint density at radius 2 is 1.70 bits per heavy atom. The minimum Gasteiger partial charge on any atom is -0.308 e. The lowest BCUT2D eigenvalue weighted by atomic mass is 10.1. The third kappa shape index (κ3) is 4.00. The van der Waals surface area contributed by atoms with Gasteiger partial charge in [0.15, 0.2) is 0 Å². The van der Waals surface area contributed by atoms with Gasteiger partial charge in [0.05, 0.1) is 11.9 Å². The zero-order chi connectivity index (χ0) is 16.8. The molecule has 4 nitrogen and oxygen atoms in total. The summed E-state index contributed by atoms with van der Waals surface area (Å²) in [6.45, 7) is 0.360. The van der Waals surface area contributed by atoms with Crippen LogP contribution in [0.25, 0.3) is 10.8 Å². The number of rotatable bonds is 2. The van der Waals surface area contributed by atoms with Gasteiger partial charge in [0.1, 0.15) is 5.82 Å². The number of fused-ring (bicyclic) bond motifs is 1. The molecule has 0 spiro atoms. The van der Waals surface area contributed by atoms with Gasteiger partial charge in [0.25, 0.3) is 5.56 Å². The van der Waals surface area contributed by atoms with Crippen molar-refractivity contribution in [2.75, 3.05) is 0 Å². The van der Waals surface area contributed by atoms with E-state index in [1.165, 1.54) is 10.8 Å². The topological polar surface area (TPSA) is 56.1 Å². The number of nitrogens with zero attached hydrogens (tertiary/aromatic N) is 1. The van der Waals surface area contributed by atoms with E-state index in [9.17, 15) is 9.18 Å². The van der Waals surface area contributed by atoms with Crippen LogP contribution in [0.1, 0.15) is 5.56 Å². The maximum absolute atomic E-state index is 14.1. The van der Waals surface area contributed by atoms with Crippen LogP contribution in [0.2, 0.25) is 0 Å². The molecule has 3 rings (SSSR count). The summed E-state index contributed by atoms with van der Waals surface area (Å²) in [6.07, 6.45) is 1.52. The molecule has 23 heavy (non-hydrogen) atoms. The number of carbonyl (C=O) groups excluding carboxylic acids is 2. The van der Waals surface area contributed by atoms with Crippen LogP contribution >= 0.6 is 15.9 Å². The molecule has 0 unspecified atom stereocenters. The van der Waals surface area contributed by atoms with Crippen molar-refractivity contribution in [3.8, 4) is 0 Å². The number of benzene rings is 2. The fourth-order valence-electron chi connectivity index (χ4n) is 2.22. The summed E-state index contributed by atoms with van der Waals surface area (Å²) >= 11 is 3.31. The quantitative estimate of drug-likeness (QED) is 0.689. The largest absolute Gasteiger partial charge is 0.373 e. The summed E-state index contributed by atoms with van der Waals surface area (Å²) in [4.78, 5) is 28.7. The average molecular weight is 376 g/mol. The van der Waals surface area contributed by atoms with Crippen molar-refractivity contribution in [1.82, 2.24) is 4.57 Å². The van der Waals surface area contributed by atoms with Crippen LogP contribution in [0.5, 0.6) is 0 Å². The highest BCUT2D eigenvalue weighted by Crippen LogP contribution is 2.19. The molecule has 3 aromatic rings. The Balaban J connectivity index is 0.000000595. The standard InChI is InChI=1S/C16H11BrFNO.CO2/c17-12-6-7-13-14(8-12)16(20)19(10-15(13)18)9-11-4-2-1-3-5-11;2-1-3/h1-8,10H,9H2;. The first-order valence-electron chi connectivity index (χ1n) is 6.58. The summed E-state index contributed by atoms with van der Waals surface area (Å²) < 4.78 is 16.3. The zero-order valence-corrected chi connectivity index (χ0v) is 13.4. The molecular formula is C17H11BrFNO3. The molecule has 0 aliphatic heterocycles. The molecule has 0 atom stereocenters. The van der Waals surface area contributed by atoms with Gasteiger partial charge in [0, 0.05) is 16.1 Å². The predicted molar refractivity (Wildman–Crippen MR) is 86.4 cm³/mol. The van der Waals surface area contributed by atoms with E-state index in [-0.39, 0.29) is 17.5 Å². The van der Waals surface area contributed by atoms with Crippen LogP contribution in [-0.2, 0) is 16.1 Å². The van der Waals surface area contributed by atoms with Crippen LogP contribution in [0.4, 0.5) is 4.39 Å². The van der Waals surface area contributed by atoms with E-state index in [1.807, 2.05) is 30.3 Å². The number of pyridine rings is 1. The zero-order valence-electron chi connectivity index (χ0n) is 11.8. The lowest BCUT2D eigenvalue weighted by Crippen LogP contribution is -2.21. The Bertz CT molecular complexity index is 916. The van der Waals surface area contributed by atoms with Crippen molar-refractivity contribution in [2.24, 2.45) is 0 Å². The molecule has 0 saturated heterocycles. The Hall–Kier alpha value is -2.56. The van der Waals surface area contributed by atoms with Gasteiger partial charge in [-0.1, -0.05) is 52.3 Å². The van der Waals surface area contributed by atoms with Crippen LogP contribution in [0, 0.1) is 5.82 Å². The highest BCUT2D eigenvalue weighted by atomic mass is 79.9. The summed E-state index contributed by atoms with van der Waals surface area (Å²) in [5, 5.41) is 0.734. The second-order valence-corrected chi connectivity index (χ2v) is 5.58. The first kappa shape index (κ1) is 16.8. The molecule has 0 aliphatic carbocycles. The number of aromatic nitrogens is 1. The predicted octanol–water partition coefficient (Wildman–Crippen LogP) is 3.37. The average Bonchev–Trinajstić information content (AvgIpc) is 2.54. The molecular weight excluding hydrogens is 365 g/mol. The lowest BCUT2D eigenvalue weighted by molar-refractivity contribution is -0.191. The van der Waals surface area contributed by atoms with E-state index in [0.717, 1.165) is 10.0 Å². The molecule has 0 bridgehead atoms. The van der Waals surface area contributed by atoms with Gasteiger partial charge >= 0.3 is 6.15 Å². The van der Waals surface area contributed by atoms with E-state index in [2.05, 4.69) is 15.9 Å². The Labute approximate surface area is 139 Å². The molecule has 0 N–H and O–H groups in total. The molecule has 0 amide bonds. The van der Waals surface area contributed by atoms with Crippen LogP contribution < -0.4 is 5.56 Å². The number of halogens is 2. The molecule has 6 heteroatoms. The van der Waals surface area contributed by atoms with Gasteiger partial charge in [0.2, 0.25) is 0 Å². The van der Waals surface area contributed by atoms with E-state index in [1.54, 1.807) is 18.2 Å². The maximum atomic E-state index is 14.1. The van der Waals surface area contributed by atoms with Gasteiger partial charge in [-0.15, -0.1) is 0 Å². The molecule has 116 valence electrons. The first-order valence-corrected chi connectivity index (χ1v) is 7.37. The fourth-order valence-corrected chi connectivity index (χ4v) is 2.58. The minimum atomic E-state index is -0.386. The molecule has 2 aromatic carbocycles. The van der Waals surface area contributed by atoms with Gasteiger partial charge in [-0.05, 0) is 17.7 Å². The van der Waals surface area contributed by atoms with Gasteiger partial charge < -0.3 is 4.57 Å². The van der Waals surface area contributed by atoms with Crippen LogP contribution in [0.15, 0.2) is 64.0 Å². The van der Waals surface area contributed by atoms with Gasteiger partial charge in [-0.2, -0.15) is 9.59 Å². The van der Waals surface area contributed by atoms with Crippen LogP contribution in [0.3, 0.4) is 0 Å². The molecule has 0 radical (unpaired) electrons. The highest BCUT2D eigenvalue weighted by Gasteiger charge is 2.09. The van der Waals surface area contributed by atoms with Crippen molar-refractivity contribution in [1.29, 1.82) is 0 Å². The molecule has 1 aromatic heterocycles. The second kappa shape index (κ2) is 7.63. The molecule has 0 saturated carbocycles. The Morgan fingerprint density at radius 3 is 2.35 bits per heavy atom. The molecule has 1 heterocycles. The number of hydrogen-bond acceptors (Lipinski definition) is 3. The van der Waals surface area contributed by atoms with E-state index in [4.69, 9.17) is 9.59 Å². The minimum absolute atomic E-state index is 0.188. The third-order valence-electron chi connectivity index (χ3n) is 3.20. The summed E-state index contributed by atoms with van der Waals surface area (Å²) in [6, 6.07) is 14.5. The second-order valence-electron chi connectivity index (χ2n) is 4.67. The SMILES string of the molecule is O=C=O.O=c1c2cc(Br)ccc2c(F)cn1Cc1ccccc1. The third-order valence-corrected chi connectivity index (χ3v) is 3.69. The fraction of sp³-hybridized carbons (Fsp3) is 0.0588. The normalized spacial score (nSPS) is 9.83. The monoisotopic (exact) mass is 375 g/mol. The number of hydrogen-bond donors (Lipinski definition) is 0. The maximum Gasteiger partial charge on any atom is 0.373 e. The lowest BCUT2D eigenvalue weighted by Gasteiger charge is -2.09. The first-order chi connectivity index (χ1) is 11.1. The van der Waals surface area contributed by atoms with Gasteiger partial charge in [-0.3, -0.25) is 4.79 Å². The molecule has 0 aliphatic rings. The van der Waals surface area contributed by atoms with E-state index >= 15 is 0 Å². The Kier molecular flexibility index (Phi) is 5.57. The smallest absolute Gasteiger partial charge is 0.308 e. The highest BCUT2D eigenvalue weighted by molar-refractivity contribution is 9.10. The van der Waals surface area contributed by atoms with E-state index < -0.39 is 0 Å². The van der Waals surface area contributed by atoms with Gasteiger partial charge in [-0.25, -0.2) is 4.39 Å². The van der Waals surface area contributed by atoms with Crippen molar-refractivity contribution in [3.05, 3.63) is 80.9 Å². The molecule has 0 fully saturated rings. The van der Waals surface area contributed by atoms with Crippen molar-refractivity contribution in [2.45, 2.75) is 6.54 Å². The summed E-state index contributed by atoms with van der Waals surface area (Å²) in [5.41, 5.74) is 0.773. The summed E-state index contributed by atoms with van der Waals surface area (Å²) in [7, 11) is 0. The van der Waals surface area contributed by atoms with E-state index in [0.29, 0.717) is 17.3 Å². The van der Waals surface area contributed by atoms with Crippen LogP contribution in [-0.4, -0.2) is 10.7 Å². The van der Waals surface area contributed by atoms with Crippen molar-refractivity contribution >= 4 is 32.9 Å². The van der Waals surface area contributed by atoms with Crippen molar-refractivity contribution in [3.63, 3.8) is 0 Å². The Morgan fingerprint density at radius 1 is 1.04 bits per heavy atom. The van der Waals surface area contributed by atoms with Crippen molar-refractivity contribution < 1.29 is 14.0 Å².